The van der Waals surface area contributed by atoms with Gasteiger partial charge in [0.2, 0.25) is 0 Å². The first-order chi connectivity index (χ1) is 9.62. The van der Waals surface area contributed by atoms with Crippen molar-refractivity contribution in [3.63, 3.8) is 0 Å². The monoisotopic (exact) mass is 279 g/mol. The van der Waals surface area contributed by atoms with Gasteiger partial charge in [0, 0.05) is 18.2 Å². The Labute approximate surface area is 118 Å². The van der Waals surface area contributed by atoms with Crippen molar-refractivity contribution in [3.8, 4) is 0 Å². The van der Waals surface area contributed by atoms with Gasteiger partial charge in [0.1, 0.15) is 0 Å². The molecule has 0 radical (unpaired) electrons. The summed E-state index contributed by atoms with van der Waals surface area (Å²) in [5.74, 6) is -0.227. The summed E-state index contributed by atoms with van der Waals surface area (Å²) in [4.78, 5) is 12.2. The summed E-state index contributed by atoms with van der Waals surface area (Å²) in [5.41, 5.74) is 6.47. The lowest BCUT2D eigenvalue weighted by Gasteiger charge is -2.17. The number of methoxy groups -OCH3 is 1. The minimum Gasteiger partial charge on any atom is -0.409 e. The van der Waals surface area contributed by atoms with Crippen LogP contribution in [0.25, 0.3) is 0 Å². The number of amides is 1. The van der Waals surface area contributed by atoms with Crippen LogP contribution in [0.5, 0.6) is 0 Å². The molecule has 0 spiro atoms. The van der Waals surface area contributed by atoms with E-state index in [1.165, 1.54) is 0 Å². The van der Waals surface area contributed by atoms with Crippen molar-refractivity contribution >= 4 is 11.7 Å². The summed E-state index contributed by atoms with van der Waals surface area (Å²) in [6, 6.07) is 6.60. The molecule has 20 heavy (non-hydrogen) atoms. The molecule has 4 N–H and O–H groups in total. The lowest BCUT2D eigenvalue weighted by atomic mass is 10.1. The Morgan fingerprint density at radius 3 is 2.80 bits per heavy atom. The fraction of sp³-hybridized carbons (Fsp3) is 0.429. The van der Waals surface area contributed by atoms with E-state index in [1.807, 2.05) is 6.92 Å². The first-order valence-electron chi connectivity index (χ1n) is 6.50. The highest BCUT2D eigenvalue weighted by Gasteiger charge is 2.13. The fourth-order valence-electron chi connectivity index (χ4n) is 1.89. The van der Waals surface area contributed by atoms with Crippen LogP contribution < -0.4 is 11.1 Å². The van der Waals surface area contributed by atoms with Gasteiger partial charge in [-0.2, -0.15) is 0 Å². The van der Waals surface area contributed by atoms with E-state index in [-0.39, 0.29) is 17.8 Å². The van der Waals surface area contributed by atoms with E-state index in [9.17, 15) is 4.79 Å². The maximum absolute atomic E-state index is 12.2. The summed E-state index contributed by atoms with van der Waals surface area (Å²) >= 11 is 0. The number of nitrogens with two attached hydrogens (primary N) is 1. The van der Waals surface area contributed by atoms with Crippen LogP contribution in [0.15, 0.2) is 29.4 Å². The first-order valence-corrected chi connectivity index (χ1v) is 6.50. The summed E-state index contributed by atoms with van der Waals surface area (Å²) < 4.78 is 5.09. The number of amidine groups is 1. The number of nitrogens with one attached hydrogen (secondary N) is 1. The second-order valence-corrected chi connectivity index (χ2v) is 4.48. The Morgan fingerprint density at radius 1 is 1.50 bits per heavy atom. The Hall–Kier alpha value is -2.08. The van der Waals surface area contributed by atoms with Crippen LogP contribution in [0.2, 0.25) is 0 Å². The normalized spacial score (nSPS) is 13.0. The van der Waals surface area contributed by atoms with Crippen LogP contribution >= 0.6 is 0 Å². The van der Waals surface area contributed by atoms with Crippen LogP contribution in [0.3, 0.4) is 0 Å². The van der Waals surface area contributed by atoms with Crippen molar-refractivity contribution in [2.75, 3.05) is 13.7 Å². The highest BCUT2D eigenvalue weighted by Crippen LogP contribution is 2.07. The number of hydrogen-bond donors (Lipinski definition) is 3. The van der Waals surface area contributed by atoms with Gasteiger partial charge < -0.3 is 21.0 Å². The molecule has 1 aromatic rings. The quantitative estimate of drug-likeness (QED) is 0.303. The molecule has 6 heteroatoms. The highest BCUT2D eigenvalue weighted by atomic mass is 16.5. The number of nitrogens with zero attached hydrogens (tertiary/aromatic N) is 1. The van der Waals surface area contributed by atoms with Gasteiger partial charge in [-0.15, -0.1) is 0 Å². The molecule has 1 rings (SSSR count). The number of hydrogen-bond acceptors (Lipinski definition) is 4. The van der Waals surface area contributed by atoms with Gasteiger partial charge in [-0.1, -0.05) is 30.6 Å². The lowest BCUT2D eigenvalue weighted by molar-refractivity contribution is 0.0891. The molecular formula is C14H21N3O3. The SMILES string of the molecule is CCCC(COC)NC(=O)c1cccc(C(N)=NO)c1. The second-order valence-electron chi connectivity index (χ2n) is 4.48. The molecule has 1 aromatic carbocycles. The topological polar surface area (TPSA) is 96.9 Å². The Bertz CT molecular complexity index is 468. The summed E-state index contributed by atoms with van der Waals surface area (Å²) in [6.45, 7) is 2.52. The largest absolute Gasteiger partial charge is 0.409 e. The fourth-order valence-corrected chi connectivity index (χ4v) is 1.89. The average Bonchev–Trinajstić information content (AvgIpc) is 2.47. The minimum absolute atomic E-state index is 0.0231. The molecule has 0 fully saturated rings. The molecule has 1 amide bonds. The van der Waals surface area contributed by atoms with Crippen molar-refractivity contribution in [1.29, 1.82) is 0 Å². The molecule has 0 aliphatic rings. The smallest absolute Gasteiger partial charge is 0.251 e. The molecule has 1 atom stereocenters. The summed E-state index contributed by atoms with van der Waals surface area (Å²) in [6.07, 6.45) is 1.80. The molecule has 0 aromatic heterocycles. The van der Waals surface area contributed by atoms with E-state index < -0.39 is 0 Å². The number of benzene rings is 1. The predicted molar refractivity (Wildman–Crippen MR) is 77.0 cm³/mol. The summed E-state index contributed by atoms with van der Waals surface area (Å²) in [7, 11) is 1.61. The third kappa shape index (κ3) is 4.55. The molecule has 0 bridgehead atoms. The Kier molecular flexibility index (Phi) is 6.52. The van der Waals surface area contributed by atoms with Gasteiger partial charge >= 0.3 is 0 Å². The number of ether oxygens (including phenoxy) is 1. The lowest BCUT2D eigenvalue weighted by Crippen LogP contribution is -2.38. The van der Waals surface area contributed by atoms with Crippen molar-refractivity contribution in [2.45, 2.75) is 25.8 Å². The molecule has 0 saturated heterocycles. The molecule has 0 aliphatic heterocycles. The number of rotatable bonds is 7. The third-order valence-electron chi connectivity index (χ3n) is 2.87. The zero-order valence-corrected chi connectivity index (χ0v) is 11.8. The standard InChI is InChI=1S/C14H21N3O3/c1-3-5-12(9-20-2)16-14(18)11-7-4-6-10(8-11)13(15)17-19/h4,6-8,12,19H,3,5,9H2,1-2H3,(H2,15,17)(H,16,18). The van der Waals surface area contributed by atoms with Crippen LogP contribution in [0.4, 0.5) is 0 Å². The van der Waals surface area contributed by atoms with Gasteiger partial charge in [0.05, 0.1) is 12.6 Å². The molecule has 6 nitrogen and oxygen atoms in total. The van der Waals surface area contributed by atoms with Crippen LogP contribution in [-0.2, 0) is 4.74 Å². The van der Waals surface area contributed by atoms with E-state index in [2.05, 4.69) is 10.5 Å². The van der Waals surface area contributed by atoms with Crippen LogP contribution in [0.1, 0.15) is 35.7 Å². The van der Waals surface area contributed by atoms with E-state index in [0.717, 1.165) is 12.8 Å². The third-order valence-corrected chi connectivity index (χ3v) is 2.87. The zero-order valence-electron chi connectivity index (χ0n) is 11.8. The Morgan fingerprint density at radius 2 is 2.20 bits per heavy atom. The first kappa shape index (κ1) is 16.0. The van der Waals surface area contributed by atoms with Gasteiger partial charge in [-0.05, 0) is 18.6 Å². The van der Waals surface area contributed by atoms with Crippen molar-refractivity contribution in [1.82, 2.24) is 5.32 Å². The van der Waals surface area contributed by atoms with Gasteiger partial charge in [0.15, 0.2) is 5.84 Å². The van der Waals surface area contributed by atoms with E-state index in [1.54, 1.807) is 31.4 Å². The van der Waals surface area contributed by atoms with Gasteiger partial charge in [-0.25, -0.2) is 0 Å². The number of carbonyl (C=O) groups is 1. The predicted octanol–water partition coefficient (Wildman–Crippen LogP) is 1.33. The van der Waals surface area contributed by atoms with E-state index >= 15 is 0 Å². The highest BCUT2D eigenvalue weighted by molar-refractivity contribution is 6.01. The zero-order chi connectivity index (χ0) is 15.0. The number of carbonyl (C=O) groups excluding carboxylic acids is 1. The van der Waals surface area contributed by atoms with Crippen molar-refractivity contribution in [2.24, 2.45) is 10.9 Å². The molecular weight excluding hydrogens is 258 g/mol. The molecule has 0 aliphatic carbocycles. The number of oxime groups is 1. The van der Waals surface area contributed by atoms with E-state index in [4.69, 9.17) is 15.7 Å². The van der Waals surface area contributed by atoms with Gasteiger partial charge in [-0.3, -0.25) is 4.79 Å². The molecule has 0 heterocycles. The second kappa shape index (κ2) is 8.16. The summed E-state index contributed by atoms with van der Waals surface area (Å²) in [5, 5.41) is 14.5. The van der Waals surface area contributed by atoms with Crippen molar-refractivity contribution < 1.29 is 14.7 Å². The molecule has 110 valence electrons. The maximum atomic E-state index is 12.2. The molecule has 1 unspecified atom stereocenters. The van der Waals surface area contributed by atoms with Crippen LogP contribution in [-0.4, -0.2) is 36.7 Å². The Balaban J connectivity index is 2.81. The van der Waals surface area contributed by atoms with Crippen molar-refractivity contribution in [3.05, 3.63) is 35.4 Å². The van der Waals surface area contributed by atoms with Gasteiger partial charge in [0.25, 0.3) is 5.91 Å². The van der Waals surface area contributed by atoms with Crippen LogP contribution in [0, 0.1) is 0 Å². The minimum atomic E-state index is -0.201. The van der Waals surface area contributed by atoms with E-state index in [0.29, 0.717) is 17.7 Å². The maximum Gasteiger partial charge on any atom is 0.251 e. The average molecular weight is 279 g/mol. The molecule has 0 saturated carbocycles.